The molecule has 1 atom stereocenters. The SMILES string of the molecule is CCCCN(CCCC)S(=O)(=O)CC1CCCCN1. The lowest BCUT2D eigenvalue weighted by atomic mass is 10.1. The van der Waals surface area contributed by atoms with Gasteiger partial charge in [0.05, 0.1) is 5.75 Å². The Balaban J connectivity index is 2.56. The Bertz CT molecular complexity index is 316. The van der Waals surface area contributed by atoms with Crippen LogP contribution in [0.15, 0.2) is 0 Å². The highest BCUT2D eigenvalue weighted by Gasteiger charge is 2.26. The Morgan fingerprint density at radius 1 is 1.11 bits per heavy atom. The van der Waals surface area contributed by atoms with Crippen LogP contribution >= 0.6 is 0 Å². The van der Waals surface area contributed by atoms with Crippen molar-refractivity contribution in [3.8, 4) is 0 Å². The van der Waals surface area contributed by atoms with Crippen LogP contribution in [0.2, 0.25) is 0 Å². The number of rotatable bonds is 9. The van der Waals surface area contributed by atoms with E-state index in [1.54, 1.807) is 4.31 Å². The molecule has 1 unspecified atom stereocenters. The molecule has 0 bridgehead atoms. The van der Waals surface area contributed by atoms with E-state index in [2.05, 4.69) is 19.2 Å². The van der Waals surface area contributed by atoms with E-state index in [1.165, 1.54) is 6.42 Å². The van der Waals surface area contributed by atoms with Crippen LogP contribution in [0.1, 0.15) is 58.8 Å². The summed E-state index contributed by atoms with van der Waals surface area (Å²) >= 11 is 0. The minimum Gasteiger partial charge on any atom is -0.313 e. The predicted molar refractivity (Wildman–Crippen MR) is 80.8 cm³/mol. The Hall–Kier alpha value is -0.130. The fraction of sp³-hybridized carbons (Fsp3) is 1.00. The smallest absolute Gasteiger partial charge is 0.215 e. The van der Waals surface area contributed by atoms with Crippen molar-refractivity contribution in [1.82, 2.24) is 9.62 Å². The number of nitrogens with one attached hydrogen (secondary N) is 1. The highest BCUT2D eigenvalue weighted by Crippen LogP contribution is 2.13. The Morgan fingerprint density at radius 3 is 2.21 bits per heavy atom. The van der Waals surface area contributed by atoms with Gasteiger partial charge in [-0.15, -0.1) is 0 Å². The number of nitrogens with zero attached hydrogens (tertiary/aromatic N) is 1. The second-order valence-corrected chi connectivity index (χ2v) is 7.55. The third kappa shape index (κ3) is 6.23. The molecule has 0 aliphatic carbocycles. The fourth-order valence-electron chi connectivity index (χ4n) is 2.48. The van der Waals surface area contributed by atoms with Crippen molar-refractivity contribution in [1.29, 1.82) is 0 Å². The highest BCUT2D eigenvalue weighted by molar-refractivity contribution is 7.89. The molecule has 1 aliphatic rings. The van der Waals surface area contributed by atoms with Crippen LogP contribution < -0.4 is 5.32 Å². The van der Waals surface area contributed by atoms with E-state index in [4.69, 9.17) is 0 Å². The zero-order chi connectivity index (χ0) is 14.1. The van der Waals surface area contributed by atoms with E-state index >= 15 is 0 Å². The molecule has 4 nitrogen and oxygen atoms in total. The second kappa shape index (κ2) is 8.93. The molecule has 1 saturated heterocycles. The first-order chi connectivity index (χ1) is 9.10. The molecule has 0 spiro atoms. The van der Waals surface area contributed by atoms with Gasteiger partial charge in [-0.1, -0.05) is 33.1 Å². The maximum atomic E-state index is 12.5. The molecule has 0 aromatic heterocycles. The molecule has 0 saturated carbocycles. The molecule has 0 amide bonds. The van der Waals surface area contributed by atoms with Crippen LogP contribution in [0.4, 0.5) is 0 Å². The van der Waals surface area contributed by atoms with Gasteiger partial charge in [-0.3, -0.25) is 0 Å². The van der Waals surface area contributed by atoms with Crippen molar-refractivity contribution < 1.29 is 8.42 Å². The average Bonchev–Trinajstić information content (AvgIpc) is 2.39. The summed E-state index contributed by atoms with van der Waals surface area (Å²) in [6.45, 7) is 6.54. The standard InChI is InChI=1S/C14H30N2O2S/c1-3-5-11-16(12-6-4-2)19(17,18)13-14-9-7-8-10-15-14/h14-15H,3-13H2,1-2H3. The summed E-state index contributed by atoms with van der Waals surface area (Å²) in [5.74, 6) is 0.278. The van der Waals surface area contributed by atoms with Gasteiger partial charge in [-0.05, 0) is 32.2 Å². The van der Waals surface area contributed by atoms with E-state index in [9.17, 15) is 8.42 Å². The van der Waals surface area contributed by atoms with Crippen molar-refractivity contribution in [3.63, 3.8) is 0 Å². The summed E-state index contributed by atoms with van der Waals surface area (Å²) in [5.41, 5.74) is 0. The van der Waals surface area contributed by atoms with Crippen molar-refractivity contribution in [2.75, 3.05) is 25.4 Å². The minimum absolute atomic E-state index is 0.157. The minimum atomic E-state index is -3.10. The normalized spacial score (nSPS) is 20.9. The van der Waals surface area contributed by atoms with Crippen molar-refractivity contribution in [2.24, 2.45) is 0 Å². The molecule has 114 valence electrons. The molecule has 1 heterocycles. The second-order valence-electron chi connectivity index (χ2n) is 5.53. The third-order valence-corrected chi connectivity index (χ3v) is 5.72. The first-order valence-corrected chi connectivity index (χ1v) is 9.42. The topological polar surface area (TPSA) is 49.4 Å². The molecule has 1 rings (SSSR count). The van der Waals surface area contributed by atoms with Crippen LogP contribution in [-0.4, -0.2) is 44.2 Å². The van der Waals surface area contributed by atoms with Crippen LogP contribution in [0.25, 0.3) is 0 Å². The van der Waals surface area contributed by atoms with Gasteiger partial charge in [0.15, 0.2) is 0 Å². The zero-order valence-electron chi connectivity index (χ0n) is 12.5. The lowest BCUT2D eigenvalue weighted by molar-refractivity contribution is 0.378. The Labute approximate surface area is 119 Å². The lowest BCUT2D eigenvalue weighted by Crippen LogP contribution is -2.44. The lowest BCUT2D eigenvalue weighted by Gasteiger charge is -2.27. The first kappa shape index (κ1) is 16.9. The van der Waals surface area contributed by atoms with Crippen LogP contribution in [0.3, 0.4) is 0 Å². The molecule has 1 fully saturated rings. The number of hydrogen-bond donors (Lipinski definition) is 1. The van der Waals surface area contributed by atoms with Crippen LogP contribution in [-0.2, 0) is 10.0 Å². The highest BCUT2D eigenvalue weighted by atomic mass is 32.2. The Morgan fingerprint density at radius 2 is 1.74 bits per heavy atom. The summed E-state index contributed by atoms with van der Waals surface area (Å²) in [4.78, 5) is 0. The molecule has 5 heteroatoms. The maximum absolute atomic E-state index is 12.5. The maximum Gasteiger partial charge on any atom is 0.215 e. The van der Waals surface area contributed by atoms with E-state index in [0.717, 1.165) is 45.1 Å². The zero-order valence-corrected chi connectivity index (χ0v) is 13.3. The van der Waals surface area contributed by atoms with Crippen LogP contribution in [0, 0.1) is 0 Å². The molecule has 0 aromatic rings. The summed E-state index contributed by atoms with van der Waals surface area (Å²) in [7, 11) is -3.10. The van der Waals surface area contributed by atoms with Gasteiger partial charge in [0.25, 0.3) is 0 Å². The predicted octanol–water partition coefficient (Wildman–Crippen LogP) is 2.36. The van der Waals surface area contributed by atoms with Crippen molar-refractivity contribution in [3.05, 3.63) is 0 Å². The molecule has 0 radical (unpaired) electrons. The number of hydrogen-bond acceptors (Lipinski definition) is 3. The average molecular weight is 290 g/mol. The molecule has 19 heavy (non-hydrogen) atoms. The molecule has 0 aromatic carbocycles. The molecular formula is C14H30N2O2S. The van der Waals surface area contributed by atoms with E-state index in [1.807, 2.05) is 0 Å². The number of unbranched alkanes of at least 4 members (excludes halogenated alkanes) is 2. The van der Waals surface area contributed by atoms with E-state index < -0.39 is 10.0 Å². The summed E-state index contributed by atoms with van der Waals surface area (Å²) in [6, 6.07) is 0.157. The van der Waals surface area contributed by atoms with Gasteiger partial charge in [0, 0.05) is 19.1 Å². The van der Waals surface area contributed by atoms with E-state index in [0.29, 0.717) is 13.1 Å². The van der Waals surface area contributed by atoms with Gasteiger partial charge >= 0.3 is 0 Å². The molecule has 1 aliphatic heterocycles. The number of piperidine rings is 1. The quantitative estimate of drug-likeness (QED) is 0.709. The molecular weight excluding hydrogens is 260 g/mol. The van der Waals surface area contributed by atoms with Gasteiger partial charge < -0.3 is 5.32 Å². The number of sulfonamides is 1. The van der Waals surface area contributed by atoms with E-state index in [-0.39, 0.29) is 11.8 Å². The van der Waals surface area contributed by atoms with Gasteiger partial charge in [-0.2, -0.15) is 0 Å². The Kier molecular flexibility index (Phi) is 7.95. The molecule has 1 N–H and O–H groups in total. The van der Waals surface area contributed by atoms with Gasteiger partial charge in [0.1, 0.15) is 0 Å². The van der Waals surface area contributed by atoms with Crippen molar-refractivity contribution in [2.45, 2.75) is 64.8 Å². The third-order valence-electron chi connectivity index (χ3n) is 3.74. The summed E-state index contributed by atoms with van der Waals surface area (Å²) in [6.07, 6.45) is 7.32. The van der Waals surface area contributed by atoms with Crippen LogP contribution in [0.5, 0.6) is 0 Å². The van der Waals surface area contributed by atoms with Gasteiger partial charge in [-0.25, -0.2) is 12.7 Å². The first-order valence-electron chi connectivity index (χ1n) is 7.81. The fourth-order valence-corrected chi connectivity index (χ4v) is 4.30. The summed E-state index contributed by atoms with van der Waals surface area (Å²) < 4.78 is 26.7. The van der Waals surface area contributed by atoms with Crippen molar-refractivity contribution >= 4 is 10.0 Å². The summed E-state index contributed by atoms with van der Waals surface area (Å²) in [5, 5.41) is 3.34. The largest absolute Gasteiger partial charge is 0.313 e. The van der Waals surface area contributed by atoms with Gasteiger partial charge in [0.2, 0.25) is 10.0 Å². The monoisotopic (exact) mass is 290 g/mol.